The first-order valence-corrected chi connectivity index (χ1v) is 7.88. The highest BCUT2D eigenvalue weighted by Crippen LogP contribution is 2.30. The molecule has 1 aliphatic rings. The number of aromatic nitrogens is 3. The van der Waals surface area contributed by atoms with Gasteiger partial charge in [0.15, 0.2) is 5.69 Å². The predicted molar refractivity (Wildman–Crippen MR) is 84.9 cm³/mol. The average molecular weight is 353 g/mol. The van der Waals surface area contributed by atoms with Crippen molar-refractivity contribution in [3.63, 3.8) is 0 Å². The molecule has 2 aromatic heterocycles. The maximum atomic E-state index is 12.8. The number of amides is 2. The summed E-state index contributed by atoms with van der Waals surface area (Å²) in [6.07, 6.45) is 0.942. The Labute approximate surface area is 142 Å². The van der Waals surface area contributed by atoms with Gasteiger partial charge in [-0.05, 0) is 24.5 Å². The molecule has 0 aromatic carbocycles. The van der Waals surface area contributed by atoms with E-state index in [0.29, 0.717) is 37.4 Å². The number of rotatable bonds is 3. The van der Waals surface area contributed by atoms with E-state index >= 15 is 0 Å². The molecule has 25 heavy (non-hydrogen) atoms. The van der Waals surface area contributed by atoms with Gasteiger partial charge in [0.25, 0.3) is 0 Å². The number of nitrogens with zero attached hydrogens (tertiary/aromatic N) is 4. The first-order chi connectivity index (χ1) is 11.8. The van der Waals surface area contributed by atoms with Crippen LogP contribution < -0.4 is 5.32 Å². The second kappa shape index (κ2) is 6.73. The molecule has 2 aromatic rings. The second-order valence-corrected chi connectivity index (χ2v) is 6.15. The van der Waals surface area contributed by atoms with Gasteiger partial charge >= 0.3 is 12.2 Å². The van der Waals surface area contributed by atoms with Crippen LogP contribution in [0.15, 0.2) is 30.7 Å². The Morgan fingerprint density at radius 1 is 1.48 bits per heavy atom. The van der Waals surface area contributed by atoms with E-state index < -0.39 is 11.9 Å². The lowest BCUT2D eigenvalue weighted by Gasteiger charge is -2.28. The van der Waals surface area contributed by atoms with E-state index in [1.54, 1.807) is 36.1 Å². The summed E-state index contributed by atoms with van der Waals surface area (Å²) in [5.41, 5.74) is -0.263. The maximum Gasteiger partial charge on any atom is 0.434 e. The lowest BCUT2D eigenvalue weighted by molar-refractivity contribution is -0.141. The Hall–Kier alpha value is -2.58. The molecule has 134 valence electrons. The van der Waals surface area contributed by atoms with Crippen molar-refractivity contribution in [1.29, 1.82) is 0 Å². The van der Waals surface area contributed by atoms with Gasteiger partial charge in [0, 0.05) is 39.0 Å². The van der Waals surface area contributed by atoms with Crippen LogP contribution in [0.2, 0.25) is 0 Å². The number of carbonyl (C=O) groups excluding carboxylic acids is 1. The smallest absolute Gasteiger partial charge is 0.334 e. The quantitative estimate of drug-likeness (QED) is 0.923. The number of hydrogen-bond donors (Lipinski definition) is 1. The Kier molecular flexibility index (Phi) is 4.65. The molecular formula is C16H18F3N5O. The summed E-state index contributed by atoms with van der Waals surface area (Å²) < 4.78 is 39.8. The Morgan fingerprint density at radius 2 is 2.28 bits per heavy atom. The molecule has 1 aliphatic heterocycles. The number of carbonyl (C=O) groups is 1. The van der Waals surface area contributed by atoms with E-state index in [1.807, 2.05) is 0 Å². The van der Waals surface area contributed by atoms with Crippen molar-refractivity contribution < 1.29 is 18.0 Å². The number of alkyl halides is 3. The zero-order chi connectivity index (χ0) is 18.0. The molecule has 0 fully saturated rings. The van der Waals surface area contributed by atoms with Gasteiger partial charge < -0.3 is 14.8 Å². The number of urea groups is 1. The first-order valence-electron chi connectivity index (χ1n) is 7.88. The van der Waals surface area contributed by atoms with Crippen LogP contribution in [-0.4, -0.2) is 39.1 Å². The van der Waals surface area contributed by atoms with E-state index in [1.165, 1.54) is 4.90 Å². The third-order valence-corrected chi connectivity index (χ3v) is 4.17. The fourth-order valence-corrected chi connectivity index (χ4v) is 2.93. The van der Waals surface area contributed by atoms with Crippen molar-refractivity contribution in [3.8, 4) is 0 Å². The highest BCUT2D eigenvalue weighted by Gasteiger charge is 2.36. The fourth-order valence-electron chi connectivity index (χ4n) is 2.93. The normalized spacial score (nSPS) is 17.0. The van der Waals surface area contributed by atoms with Gasteiger partial charge in [-0.15, -0.1) is 0 Å². The standard InChI is InChI=1S/C16H18F3N5O/c1-23(15(25)21-12-3-2-6-20-7-12)8-11-4-5-14-22-13(16(17,18)19)10-24(14)9-11/h2-3,6-7,10-11H,4-5,8-9H2,1H3,(H,21,25)/t11-/m1/s1. The molecule has 0 bridgehead atoms. The highest BCUT2D eigenvalue weighted by molar-refractivity contribution is 5.88. The number of hydrogen-bond acceptors (Lipinski definition) is 3. The summed E-state index contributed by atoms with van der Waals surface area (Å²) in [6.45, 7) is 0.869. The predicted octanol–water partition coefficient (Wildman–Crippen LogP) is 3.02. The molecule has 0 unspecified atom stereocenters. The van der Waals surface area contributed by atoms with E-state index in [9.17, 15) is 18.0 Å². The van der Waals surface area contributed by atoms with Crippen LogP contribution in [0.5, 0.6) is 0 Å². The molecule has 3 rings (SSSR count). The molecule has 2 amide bonds. The molecule has 9 heteroatoms. The zero-order valence-electron chi connectivity index (χ0n) is 13.6. The number of halogens is 3. The van der Waals surface area contributed by atoms with E-state index in [2.05, 4.69) is 15.3 Å². The molecule has 0 spiro atoms. The largest absolute Gasteiger partial charge is 0.434 e. The van der Waals surface area contributed by atoms with Gasteiger partial charge in [-0.1, -0.05) is 0 Å². The summed E-state index contributed by atoms with van der Waals surface area (Å²) in [7, 11) is 1.66. The van der Waals surface area contributed by atoms with Crippen molar-refractivity contribution in [2.24, 2.45) is 5.92 Å². The third kappa shape index (κ3) is 4.09. The van der Waals surface area contributed by atoms with Crippen LogP contribution in [0.4, 0.5) is 23.7 Å². The molecule has 0 saturated carbocycles. The molecule has 0 saturated heterocycles. The zero-order valence-corrected chi connectivity index (χ0v) is 13.6. The van der Waals surface area contributed by atoms with E-state index in [4.69, 9.17) is 0 Å². The Bertz CT molecular complexity index is 744. The molecule has 0 radical (unpaired) electrons. The summed E-state index contributed by atoms with van der Waals surface area (Å²) >= 11 is 0. The average Bonchev–Trinajstić information content (AvgIpc) is 2.99. The minimum atomic E-state index is -4.43. The van der Waals surface area contributed by atoms with Gasteiger partial charge in [0.1, 0.15) is 5.82 Å². The summed E-state index contributed by atoms with van der Waals surface area (Å²) in [6, 6.07) is 3.17. The van der Waals surface area contributed by atoms with Gasteiger partial charge in [0.2, 0.25) is 0 Å². The maximum absolute atomic E-state index is 12.8. The van der Waals surface area contributed by atoms with Crippen LogP contribution in [0, 0.1) is 5.92 Å². The van der Waals surface area contributed by atoms with Crippen LogP contribution in [-0.2, 0) is 19.1 Å². The molecular weight excluding hydrogens is 335 g/mol. The van der Waals surface area contributed by atoms with E-state index in [-0.39, 0.29) is 11.9 Å². The molecule has 3 heterocycles. The Morgan fingerprint density at radius 3 is 2.96 bits per heavy atom. The second-order valence-electron chi connectivity index (χ2n) is 6.15. The highest BCUT2D eigenvalue weighted by atomic mass is 19.4. The summed E-state index contributed by atoms with van der Waals surface area (Å²) in [5.74, 6) is 0.526. The van der Waals surface area contributed by atoms with Crippen molar-refractivity contribution >= 4 is 11.7 Å². The van der Waals surface area contributed by atoms with Gasteiger partial charge in [0.05, 0.1) is 11.9 Å². The topological polar surface area (TPSA) is 63.1 Å². The Balaban J connectivity index is 1.59. The lowest BCUT2D eigenvalue weighted by atomic mass is 9.99. The number of aryl methyl sites for hydroxylation is 1. The third-order valence-electron chi connectivity index (χ3n) is 4.17. The minimum Gasteiger partial charge on any atom is -0.334 e. The van der Waals surface area contributed by atoms with Crippen LogP contribution in [0.3, 0.4) is 0 Å². The van der Waals surface area contributed by atoms with E-state index in [0.717, 1.165) is 6.20 Å². The summed E-state index contributed by atoms with van der Waals surface area (Å²) in [4.78, 5) is 21.3. The lowest BCUT2D eigenvalue weighted by Crippen LogP contribution is -2.37. The number of nitrogens with one attached hydrogen (secondary N) is 1. The van der Waals surface area contributed by atoms with Crippen molar-refractivity contribution in [1.82, 2.24) is 19.4 Å². The monoisotopic (exact) mass is 353 g/mol. The summed E-state index contributed by atoms with van der Waals surface area (Å²) in [5, 5.41) is 2.73. The number of fused-ring (bicyclic) bond motifs is 1. The van der Waals surface area contributed by atoms with Crippen molar-refractivity contribution in [2.75, 3.05) is 18.9 Å². The van der Waals surface area contributed by atoms with Gasteiger partial charge in [-0.25, -0.2) is 9.78 Å². The number of pyridine rings is 1. The van der Waals surface area contributed by atoms with Crippen molar-refractivity contribution in [3.05, 3.63) is 42.2 Å². The first kappa shape index (κ1) is 17.2. The van der Waals surface area contributed by atoms with Gasteiger partial charge in [-0.2, -0.15) is 13.2 Å². The molecule has 0 aliphatic carbocycles. The van der Waals surface area contributed by atoms with Crippen LogP contribution >= 0.6 is 0 Å². The van der Waals surface area contributed by atoms with Gasteiger partial charge in [-0.3, -0.25) is 4.98 Å². The van der Waals surface area contributed by atoms with Crippen LogP contribution in [0.1, 0.15) is 17.9 Å². The molecule has 1 N–H and O–H groups in total. The number of imidazole rings is 1. The minimum absolute atomic E-state index is 0.0763. The SMILES string of the molecule is CN(C[C@H]1CCc2nc(C(F)(F)F)cn2C1)C(=O)Nc1cccnc1. The number of anilines is 1. The fraction of sp³-hybridized carbons (Fsp3) is 0.438. The molecule has 1 atom stereocenters. The van der Waals surface area contributed by atoms with Crippen LogP contribution in [0.25, 0.3) is 0 Å². The van der Waals surface area contributed by atoms with Crippen molar-refractivity contribution in [2.45, 2.75) is 25.6 Å². The molecule has 6 nitrogen and oxygen atoms in total.